The molecule has 1 aliphatic rings. The second kappa shape index (κ2) is 10.5. The SMILES string of the molecule is C/C=C/C=C/CNC(=O)c1cncc(Cc2ccc(C3CCCN3C(C)=O)cc2)c1. The maximum absolute atomic E-state index is 12.3. The molecule has 1 unspecified atom stereocenters. The summed E-state index contributed by atoms with van der Waals surface area (Å²) in [5.41, 5.74) is 3.89. The average molecular weight is 404 g/mol. The molecule has 2 heterocycles. The minimum atomic E-state index is -0.129. The lowest BCUT2D eigenvalue weighted by molar-refractivity contribution is -0.129. The summed E-state index contributed by atoms with van der Waals surface area (Å²) in [5.74, 6) is 0.00967. The summed E-state index contributed by atoms with van der Waals surface area (Å²) >= 11 is 0. The number of aromatic nitrogens is 1. The summed E-state index contributed by atoms with van der Waals surface area (Å²) in [5, 5.41) is 2.87. The highest BCUT2D eigenvalue weighted by Gasteiger charge is 2.27. The van der Waals surface area contributed by atoms with Crippen LogP contribution in [0.15, 0.2) is 67.0 Å². The summed E-state index contributed by atoms with van der Waals surface area (Å²) in [6.45, 7) is 4.91. The van der Waals surface area contributed by atoms with E-state index in [1.54, 1.807) is 19.3 Å². The van der Waals surface area contributed by atoms with Crippen molar-refractivity contribution >= 4 is 11.8 Å². The van der Waals surface area contributed by atoms with Crippen LogP contribution >= 0.6 is 0 Å². The van der Waals surface area contributed by atoms with Crippen molar-refractivity contribution in [1.82, 2.24) is 15.2 Å². The Morgan fingerprint density at radius 2 is 1.97 bits per heavy atom. The number of likely N-dealkylation sites (tertiary alicyclic amines) is 1. The van der Waals surface area contributed by atoms with E-state index < -0.39 is 0 Å². The molecule has 1 aromatic carbocycles. The normalized spacial score (nSPS) is 16.5. The van der Waals surface area contributed by atoms with Gasteiger partial charge in [-0.2, -0.15) is 0 Å². The predicted octanol–water partition coefficient (Wildman–Crippen LogP) is 4.22. The van der Waals surface area contributed by atoms with E-state index in [0.29, 0.717) is 18.5 Å². The van der Waals surface area contributed by atoms with Crippen LogP contribution in [0.4, 0.5) is 0 Å². The first kappa shape index (κ1) is 21.5. The first-order valence-electron chi connectivity index (χ1n) is 10.4. The number of amides is 2. The van der Waals surface area contributed by atoms with E-state index >= 15 is 0 Å². The van der Waals surface area contributed by atoms with Gasteiger partial charge in [0, 0.05) is 32.4 Å². The highest BCUT2D eigenvalue weighted by Crippen LogP contribution is 2.32. The largest absolute Gasteiger partial charge is 0.349 e. The molecule has 2 aromatic rings. The fourth-order valence-corrected chi connectivity index (χ4v) is 3.80. The van der Waals surface area contributed by atoms with Gasteiger partial charge in [-0.25, -0.2) is 0 Å². The Labute approximate surface area is 178 Å². The minimum Gasteiger partial charge on any atom is -0.349 e. The van der Waals surface area contributed by atoms with Crippen LogP contribution in [-0.2, 0) is 11.2 Å². The first-order chi connectivity index (χ1) is 14.6. The zero-order valence-corrected chi connectivity index (χ0v) is 17.7. The van der Waals surface area contributed by atoms with E-state index in [2.05, 4.69) is 34.6 Å². The third-order valence-electron chi connectivity index (χ3n) is 5.31. The van der Waals surface area contributed by atoms with Gasteiger partial charge in [0.1, 0.15) is 0 Å². The van der Waals surface area contributed by atoms with Gasteiger partial charge in [-0.1, -0.05) is 48.6 Å². The number of hydrogen-bond donors (Lipinski definition) is 1. The molecule has 1 saturated heterocycles. The molecule has 156 valence electrons. The summed E-state index contributed by atoms with van der Waals surface area (Å²) in [6, 6.07) is 10.5. The molecule has 0 bridgehead atoms. The number of nitrogens with one attached hydrogen (secondary N) is 1. The maximum Gasteiger partial charge on any atom is 0.253 e. The number of rotatable bonds is 7. The zero-order chi connectivity index (χ0) is 21.3. The van der Waals surface area contributed by atoms with Crippen molar-refractivity contribution in [3.05, 3.63) is 89.3 Å². The van der Waals surface area contributed by atoms with E-state index in [4.69, 9.17) is 0 Å². The first-order valence-corrected chi connectivity index (χ1v) is 10.4. The topological polar surface area (TPSA) is 62.3 Å². The van der Waals surface area contributed by atoms with E-state index in [0.717, 1.165) is 30.5 Å². The monoisotopic (exact) mass is 403 g/mol. The van der Waals surface area contributed by atoms with Crippen LogP contribution in [0.3, 0.4) is 0 Å². The van der Waals surface area contributed by atoms with E-state index in [1.165, 1.54) is 5.56 Å². The number of hydrogen-bond acceptors (Lipinski definition) is 3. The third kappa shape index (κ3) is 5.66. The van der Waals surface area contributed by atoms with Crippen LogP contribution in [0.1, 0.15) is 59.8 Å². The molecule has 0 saturated carbocycles. The smallest absolute Gasteiger partial charge is 0.253 e. The third-order valence-corrected chi connectivity index (χ3v) is 5.31. The lowest BCUT2D eigenvalue weighted by atomic mass is 9.99. The van der Waals surface area contributed by atoms with Gasteiger partial charge in [0.2, 0.25) is 5.91 Å². The molecule has 0 radical (unpaired) electrons. The molecule has 5 nitrogen and oxygen atoms in total. The molecule has 0 aliphatic carbocycles. The fraction of sp³-hybridized carbons (Fsp3) is 0.320. The van der Waals surface area contributed by atoms with E-state index in [9.17, 15) is 9.59 Å². The number of allylic oxidation sites excluding steroid dienone is 3. The van der Waals surface area contributed by atoms with Crippen molar-refractivity contribution in [2.45, 2.75) is 39.2 Å². The number of pyridine rings is 1. The molecular formula is C25H29N3O2. The Hall–Kier alpha value is -3.21. The summed E-state index contributed by atoms with van der Waals surface area (Å²) < 4.78 is 0. The molecule has 1 atom stereocenters. The van der Waals surface area contributed by atoms with Crippen LogP contribution in [0.5, 0.6) is 0 Å². The number of nitrogens with zero attached hydrogens (tertiary/aromatic N) is 2. The van der Waals surface area contributed by atoms with Crippen LogP contribution < -0.4 is 5.32 Å². The Balaban J connectivity index is 1.62. The van der Waals surface area contributed by atoms with Gasteiger partial charge in [0.15, 0.2) is 0 Å². The maximum atomic E-state index is 12.3. The molecule has 1 fully saturated rings. The molecule has 30 heavy (non-hydrogen) atoms. The quantitative estimate of drug-likeness (QED) is 0.704. The van der Waals surface area contributed by atoms with E-state index in [1.807, 2.05) is 42.2 Å². The van der Waals surface area contributed by atoms with Crippen LogP contribution in [0, 0.1) is 0 Å². The summed E-state index contributed by atoms with van der Waals surface area (Å²) in [7, 11) is 0. The molecule has 1 aromatic heterocycles. The second-order valence-corrected chi connectivity index (χ2v) is 7.53. The minimum absolute atomic E-state index is 0.129. The molecular weight excluding hydrogens is 374 g/mol. The molecule has 3 rings (SSSR count). The molecule has 0 spiro atoms. The van der Waals surface area contributed by atoms with Gasteiger partial charge in [-0.05, 0) is 48.9 Å². The van der Waals surface area contributed by atoms with E-state index in [-0.39, 0.29) is 17.9 Å². The van der Waals surface area contributed by atoms with Gasteiger partial charge in [-0.3, -0.25) is 14.6 Å². The molecule has 5 heteroatoms. The lowest BCUT2D eigenvalue weighted by Gasteiger charge is -2.23. The standard InChI is InChI=1S/C25H29N3O2/c1-3-4-5-6-13-27-25(30)23-16-21(17-26-18-23)15-20-9-11-22(12-10-20)24-8-7-14-28(24)19(2)29/h3-6,9-12,16-18,24H,7-8,13-15H2,1-2H3,(H,27,30)/b4-3+,6-5+. The molecule has 1 N–H and O–H groups in total. The number of carbonyl (C=O) groups excluding carboxylic acids is 2. The highest BCUT2D eigenvalue weighted by atomic mass is 16.2. The van der Waals surface area contributed by atoms with Gasteiger partial charge < -0.3 is 10.2 Å². The molecule has 1 aliphatic heterocycles. The Bertz CT molecular complexity index is 932. The average Bonchev–Trinajstić information content (AvgIpc) is 3.24. The Kier molecular flexibility index (Phi) is 7.55. The van der Waals surface area contributed by atoms with Gasteiger partial charge >= 0.3 is 0 Å². The second-order valence-electron chi connectivity index (χ2n) is 7.53. The Morgan fingerprint density at radius 1 is 1.17 bits per heavy atom. The van der Waals surface area contributed by atoms with Crippen LogP contribution in [0.25, 0.3) is 0 Å². The van der Waals surface area contributed by atoms with Crippen molar-refractivity contribution in [3.63, 3.8) is 0 Å². The number of carbonyl (C=O) groups is 2. The summed E-state index contributed by atoms with van der Waals surface area (Å²) in [6.07, 6.45) is 13.8. The van der Waals surface area contributed by atoms with Gasteiger partial charge in [-0.15, -0.1) is 0 Å². The van der Waals surface area contributed by atoms with Crippen molar-refractivity contribution in [1.29, 1.82) is 0 Å². The van der Waals surface area contributed by atoms with Crippen molar-refractivity contribution < 1.29 is 9.59 Å². The fourth-order valence-electron chi connectivity index (χ4n) is 3.80. The highest BCUT2D eigenvalue weighted by molar-refractivity contribution is 5.94. The van der Waals surface area contributed by atoms with Crippen molar-refractivity contribution in [3.8, 4) is 0 Å². The van der Waals surface area contributed by atoms with Gasteiger partial charge in [0.25, 0.3) is 5.91 Å². The predicted molar refractivity (Wildman–Crippen MR) is 119 cm³/mol. The van der Waals surface area contributed by atoms with Crippen molar-refractivity contribution in [2.24, 2.45) is 0 Å². The lowest BCUT2D eigenvalue weighted by Crippen LogP contribution is -2.27. The van der Waals surface area contributed by atoms with Crippen LogP contribution in [0.2, 0.25) is 0 Å². The summed E-state index contributed by atoms with van der Waals surface area (Å²) in [4.78, 5) is 30.3. The van der Waals surface area contributed by atoms with Crippen molar-refractivity contribution in [2.75, 3.05) is 13.1 Å². The van der Waals surface area contributed by atoms with Gasteiger partial charge in [0.05, 0.1) is 11.6 Å². The zero-order valence-electron chi connectivity index (χ0n) is 17.7. The Morgan fingerprint density at radius 3 is 2.70 bits per heavy atom. The number of benzene rings is 1. The van der Waals surface area contributed by atoms with Crippen LogP contribution in [-0.4, -0.2) is 34.8 Å². The molecule has 2 amide bonds.